The van der Waals surface area contributed by atoms with E-state index in [1.54, 1.807) is 6.92 Å². The summed E-state index contributed by atoms with van der Waals surface area (Å²) < 4.78 is 24.0. The highest BCUT2D eigenvalue weighted by Gasteiger charge is 2.14. The van der Waals surface area contributed by atoms with Crippen molar-refractivity contribution in [2.75, 3.05) is 25.9 Å². The van der Waals surface area contributed by atoms with E-state index in [1.807, 2.05) is 6.92 Å². The maximum Gasteiger partial charge on any atom is 0.236 e. The van der Waals surface area contributed by atoms with Crippen LogP contribution >= 0.6 is 0 Å². The second kappa shape index (κ2) is 8.44. The lowest BCUT2D eigenvalue weighted by Crippen LogP contribution is -2.41. The summed E-state index contributed by atoms with van der Waals surface area (Å²) in [7, 11) is -3.14. The topological polar surface area (TPSA) is 92.5 Å². The number of nitrogens with one attached hydrogen (secondary N) is 1. The molecule has 7 heteroatoms. The average Bonchev–Trinajstić information content (AvgIpc) is 2.27. The maximum absolute atomic E-state index is 11.5. The molecule has 0 heterocycles. The second-order valence-electron chi connectivity index (χ2n) is 4.29. The van der Waals surface area contributed by atoms with Gasteiger partial charge in [-0.25, -0.2) is 12.7 Å². The normalized spacial score (nSPS) is 13.6. The Balaban J connectivity index is 3.89. The van der Waals surface area contributed by atoms with Crippen LogP contribution in [0.5, 0.6) is 0 Å². The molecule has 6 nitrogen and oxygen atoms in total. The minimum Gasteiger partial charge on any atom is -0.355 e. The molecule has 0 radical (unpaired) electrons. The summed E-state index contributed by atoms with van der Waals surface area (Å²) in [6, 6.07) is -0.466. The molecule has 0 aliphatic carbocycles. The number of carbonyl (C=O) groups is 1. The molecule has 0 bridgehead atoms. The Morgan fingerprint density at radius 1 is 1.39 bits per heavy atom. The Kier molecular flexibility index (Phi) is 8.13. The molecule has 0 aromatic rings. The maximum atomic E-state index is 11.5. The number of rotatable bonds is 9. The van der Waals surface area contributed by atoms with E-state index in [1.165, 1.54) is 10.6 Å². The molecule has 0 aliphatic heterocycles. The van der Waals surface area contributed by atoms with Crippen molar-refractivity contribution in [3.63, 3.8) is 0 Å². The van der Waals surface area contributed by atoms with E-state index in [9.17, 15) is 13.2 Å². The molecule has 1 atom stereocenters. The fraction of sp³-hybridized carbons (Fsp3) is 0.909. The quantitative estimate of drug-likeness (QED) is 0.577. The zero-order chi connectivity index (χ0) is 14.2. The van der Waals surface area contributed by atoms with Gasteiger partial charge in [0.05, 0.1) is 12.3 Å². The summed E-state index contributed by atoms with van der Waals surface area (Å²) in [4.78, 5) is 11.5. The fourth-order valence-electron chi connectivity index (χ4n) is 1.60. The first-order valence-electron chi connectivity index (χ1n) is 6.31. The van der Waals surface area contributed by atoms with E-state index in [0.29, 0.717) is 32.5 Å². The third-order valence-electron chi connectivity index (χ3n) is 2.64. The van der Waals surface area contributed by atoms with Crippen LogP contribution in [0.25, 0.3) is 0 Å². The van der Waals surface area contributed by atoms with Crippen LogP contribution in [-0.4, -0.2) is 50.6 Å². The third kappa shape index (κ3) is 6.93. The van der Waals surface area contributed by atoms with E-state index in [0.717, 1.165) is 6.42 Å². The predicted molar refractivity (Wildman–Crippen MR) is 72.6 cm³/mol. The molecule has 1 amide bonds. The lowest BCUT2D eigenvalue weighted by atomic mass is 10.2. The van der Waals surface area contributed by atoms with Crippen molar-refractivity contribution in [1.82, 2.24) is 9.62 Å². The van der Waals surface area contributed by atoms with Gasteiger partial charge in [0, 0.05) is 19.6 Å². The van der Waals surface area contributed by atoms with Gasteiger partial charge in [0.25, 0.3) is 0 Å². The summed E-state index contributed by atoms with van der Waals surface area (Å²) in [6.07, 6.45) is 3.31. The van der Waals surface area contributed by atoms with Crippen molar-refractivity contribution < 1.29 is 13.2 Å². The van der Waals surface area contributed by atoms with Gasteiger partial charge >= 0.3 is 0 Å². The summed E-state index contributed by atoms with van der Waals surface area (Å²) in [6.45, 7) is 5.07. The molecule has 0 saturated heterocycles. The molecular formula is C11H25N3O3S. The van der Waals surface area contributed by atoms with Crippen molar-refractivity contribution in [3.05, 3.63) is 0 Å². The van der Waals surface area contributed by atoms with E-state index in [-0.39, 0.29) is 5.91 Å². The Morgan fingerprint density at radius 2 is 2.00 bits per heavy atom. The minimum absolute atomic E-state index is 0.167. The zero-order valence-electron chi connectivity index (χ0n) is 11.5. The SMILES string of the molecule is CCCC(N)C(=O)NCCCN(CC)S(C)(=O)=O. The van der Waals surface area contributed by atoms with Crippen molar-refractivity contribution in [3.8, 4) is 0 Å². The number of nitrogens with zero attached hydrogens (tertiary/aromatic N) is 1. The number of carbonyl (C=O) groups excluding carboxylic acids is 1. The summed E-state index contributed by atoms with van der Waals surface area (Å²) in [5.41, 5.74) is 5.65. The Bertz CT molecular complexity index is 343. The highest BCUT2D eigenvalue weighted by Crippen LogP contribution is 1.98. The molecule has 108 valence electrons. The first-order valence-corrected chi connectivity index (χ1v) is 8.16. The van der Waals surface area contributed by atoms with Gasteiger partial charge in [-0.3, -0.25) is 4.79 Å². The van der Waals surface area contributed by atoms with Gasteiger partial charge in [-0.15, -0.1) is 0 Å². The van der Waals surface area contributed by atoms with Crippen LogP contribution in [0.4, 0.5) is 0 Å². The highest BCUT2D eigenvalue weighted by atomic mass is 32.2. The van der Waals surface area contributed by atoms with Crippen LogP contribution in [0, 0.1) is 0 Å². The number of amides is 1. The highest BCUT2D eigenvalue weighted by molar-refractivity contribution is 7.88. The molecule has 1 unspecified atom stereocenters. The van der Waals surface area contributed by atoms with E-state index < -0.39 is 16.1 Å². The van der Waals surface area contributed by atoms with Crippen molar-refractivity contribution in [1.29, 1.82) is 0 Å². The van der Waals surface area contributed by atoms with Crippen molar-refractivity contribution >= 4 is 15.9 Å². The summed E-state index contributed by atoms with van der Waals surface area (Å²) in [5.74, 6) is -0.167. The zero-order valence-corrected chi connectivity index (χ0v) is 12.3. The first-order chi connectivity index (χ1) is 8.32. The minimum atomic E-state index is -3.14. The first kappa shape index (κ1) is 17.3. The van der Waals surface area contributed by atoms with Gasteiger partial charge in [0.15, 0.2) is 0 Å². The summed E-state index contributed by atoms with van der Waals surface area (Å²) >= 11 is 0. The lowest BCUT2D eigenvalue weighted by molar-refractivity contribution is -0.122. The molecule has 0 spiro atoms. The number of hydrogen-bond acceptors (Lipinski definition) is 4. The molecule has 0 aliphatic rings. The molecule has 0 fully saturated rings. The molecule has 0 rings (SSSR count). The Labute approximate surface area is 110 Å². The van der Waals surface area contributed by atoms with Crippen LogP contribution in [0.15, 0.2) is 0 Å². The van der Waals surface area contributed by atoms with Gasteiger partial charge in [-0.2, -0.15) is 0 Å². The van der Waals surface area contributed by atoms with Crippen molar-refractivity contribution in [2.45, 2.75) is 39.2 Å². The standard InChI is InChI=1S/C11H25N3O3S/c1-4-7-10(12)11(15)13-8-6-9-14(5-2)18(3,16)17/h10H,4-9,12H2,1-3H3,(H,13,15). The molecule has 18 heavy (non-hydrogen) atoms. The van der Waals surface area contributed by atoms with Crippen LogP contribution in [-0.2, 0) is 14.8 Å². The molecular weight excluding hydrogens is 254 g/mol. The monoisotopic (exact) mass is 279 g/mol. The smallest absolute Gasteiger partial charge is 0.236 e. The number of hydrogen-bond donors (Lipinski definition) is 2. The van der Waals surface area contributed by atoms with Crippen LogP contribution in [0.2, 0.25) is 0 Å². The molecule has 0 saturated carbocycles. The fourth-order valence-corrected chi connectivity index (χ4v) is 2.53. The van der Waals surface area contributed by atoms with Gasteiger partial charge in [0.1, 0.15) is 0 Å². The summed E-state index contributed by atoms with van der Waals surface area (Å²) in [5, 5.41) is 2.71. The van der Waals surface area contributed by atoms with Crippen LogP contribution < -0.4 is 11.1 Å². The molecule has 3 N–H and O–H groups in total. The molecule has 0 aromatic heterocycles. The Hall–Kier alpha value is -0.660. The third-order valence-corrected chi connectivity index (χ3v) is 4.02. The van der Waals surface area contributed by atoms with Gasteiger partial charge < -0.3 is 11.1 Å². The van der Waals surface area contributed by atoms with Gasteiger partial charge in [-0.05, 0) is 12.8 Å². The van der Waals surface area contributed by atoms with Gasteiger partial charge in [0.2, 0.25) is 15.9 Å². The van der Waals surface area contributed by atoms with Crippen LogP contribution in [0.3, 0.4) is 0 Å². The number of nitrogens with two attached hydrogens (primary N) is 1. The number of sulfonamides is 1. The van der Waals surface area contributed by atoms with Crippen LogP contribution in [0.1, 0.15) is 33.1 Å². The van der Waals surface area contributed by atoms with E-state index in [2.05, 4.69) is 5.32 Å². The van der Waals surface area contributed by atoms with Crippen molar-refractivity contribution in [2.24, 2.45) is 5.73 Å². The average molecular weight is 279 g/mol. The predicted octanol–water partition coefficient (Wildman–Crippen LogP) is -0.0984. The van der Waals surface area contributed by atoms with Gasteiger partial charge in [-0.1, -0.05) is 20.3 Å². The second-order valence-corrected chi connectivity index (χ2v) is 6.28. The largest absolute Gasteiger partial charge is 0.355 e. The van der Waals surface area contributed by atoms with E-state index in [4.69, 9.17) is 5.73 Å². The van der Waals surface area contributed by atoms with E-state index >= 15 is 0 Å². The Morgan fingerprint density at radius 3 is 2.44 bits per heavy atom. The lowest BCUT2D eigenvalue weighted by Gasteiger charge is -2.18. The molecule has 0 aromatic carbocycles.